The molecule has 6 amide bonds. The summed E-state index contributed by atoms with van der Waals surface area (Å²) in [6.45, 7) is 4.67. The lowest BCUT2D eigenvalue weighted by Crippen LogP contribution is -2.45. The number of piperidine rings is 1. The highest BCUT2D eigenvalue weighted by Gasteiger charge is 2.47. The number of primary amides is 1. The quantitative estimate of drug-likeness (QED) is 0.0202. The number of urea groups is 1. The van der Waals surface area contributed by atoms with Gasteiger partial charge < -0.3 is 51.4 Å². The van der Waals surface area contributed by atoms with Gasteiger partial charge in [-0.25, -0.2) is 14.5 Å². The summed E-state index contributed by atoms with van der Waals surface area (Å²) in [5.41, 5.74) is 7.36. The molecule has 2 aliphatic carbocycles. The molecule has 0 bridgehead atoms. The van der Waals surface area contributed by atoms with Crippen LogP contribution in [-0.2, 0) is 65.4 Å². The monoisotopic (exact) mass is 1140 g/mol. The molecule has 0 spiro atoms. The number of aromatic nitrogens is 3. The summed E-state index contributed by atoms with van der Waals surface area (Å²) in [6, 6.07) is 12.1. The Balaban J connectivity index is 0.940. The molecule has 3 heterocycles. The zero-order valence-electron chi connectivity index (χ0n) is 44.0. The largest absolute Gasteiger partial charge is 0.416 e. The molecule has 7 rings (SSSR count). The van der Waals surface area contributed by atoms with Crippen molar-refractivity contribution < 1.29 is 83.5 Å². The molecule has 24 nitrogen and oxygen atoms in total. The molecule has 0 radical (unpaired) electrons. The van der Waals surface area contributed by atoms with Crippen LogP contribution in [0.1, 0.15) is 63.5 Å². The summed E-state index contributed by atoms with van der Waals surface area (Å²) in [5, 5.41) is 42.5. The number of halogens is 3. The van der Waals surface area contributed by atoms with Crippen molar-refractivity contribution in [2.45, 2.75) is 89.4 Å². The number of imide groups is 1. The summed E-state index contributed by atoms with van der Waals surface area (Å²) in [5.74, 6) is -3.57. The number of nitrogens with zero attached hydrogens (tertiary/aromatic N) is 4. The Morgan fingerprint density at radius 2 is 1.59 bits per heavy atom. The van der Waals surface area contributed by atoms with Crippen LogP contribution in [0.5, 0.6) is 0 Å². The summed E-state index contributed by atoms with van der Waals surface area (Å²) in [6.07, 6.45) is -5.01. The number of alkyl halides is 3. The lowest BCUT2D eigenvalue weighted by Gasteiger charge is -2.24. The van der Waals surface area contributed by atoms with Gasteiger partial charge in [-0.2, -0.15) is 21.6 Å². The average Bonchev–Trinajstić information content (AvgIpc) is 4.03. The molecule has 1 fully saturated rings. The number of amides is 6. The molecule has 28 heteroatoms. The van der Waals surface area contributed by atoms with E-state index >= 15 is 0 Å². The number of anilines is 2. The second-order valence-electron chi connectivity index (χ2n) is 20.0. The Morgan fingerprint density at radius 3 is 2.24 bits per heavy atom. The summed E-state index contributed by atoms with van der Waals surface area (Å²) < 4.78 is 88.5. The van der Waals surface area contributed by atoms with Gasteiger partial charge in [0.05, 0.1) is 88.8 Å². The van der Waals surface area contributed by atoms with Gasteiger partial charge in [0.15, 0.2) is 5.78 Å². The van der Waals surface area contributed by atoms with Crippen molar-refractivity contribution in [3.63, 3.8) is 0 Å². The second-order valence-corrected chi connectivity index (χ2v) is 21.2. The maximum Gasteiger partial charge on any atom is 0.416 e. The number of aliphatic hydroxyl groups excluding tert-OH is 2. The lowest BCUT2D eigenvalue weighted by atomic mass is 9.89. The van der Waals surface area contributed by atoms with Crippen LogP contribution in [0.3, 0.4) is 0 Å². The third kappa shape index (κ3) is 16.6. The van der Waals surface area contributed by atoms with Crippen molar-refractivity contribution in [1.82, 2.24) is 25.1 Å². The summed E-state index contributed by atoms with van der Waals surface area (Å²) in [4.78, 5) is 77.3. The zero-order valence-corrected chi connectivity index (χ0v) is 44.8. The highest BCUT2D eigenvalue weighted by Crippen LogP contribution is 2.40. The van der Waals surface area contributed by atoms with Crippen LogP contribution in [0.25, 0.3) is 16.9 Å². The van der Waals surface area contributed by atoms with Gasteiger partial charge in [0.25, 0.3) is 11.8 Å². The molecule has 4 aromatic rings. The minimum atomic E-state index is -4.63. The van der Waals surface area contributed by atoms with Gasteiger partial charge in [0.1, 0.15) is 18.3 Å². The predicted octanol–water partition coefficient (Wildman–Crippen LogP) is 1.71. The van der Waals surface area contributed by atoms with Crippen molar-refractivity contribution in [1.29, 1.82) is 0 Å². The second kappa shape index (κ2) is 27.0. The molecule has 0 saturated heterocycles. The first-order valence-electron chi connectivity index (χ1n) is 25.9. The molecule has 1 aliphatic heterocycles. The Bertz CT molecular complexity index is 3030. The fraction of sp³-hybridized carbons (Fsp3) is 0.500. The molecule has 80 heavy (non-hydrogen) atoms. The van der Waals surface area contributed by atoms with Gasteiger partial charge in [-0.1, -0.05) is 47.7 Å². The highest BCUT2D eigenvalue weighted by molar-refractivity contribution is 7.84. The van der Waals surface area contributed by atoms with Crippen LogP contribution in [0, 0.1) is 17.8 Å². The number of nitrogens with two attached hydrogens (primary N) is 2. The van der Waals surface area contributed by atoms with E-state index in [1.54, 1.807) is 61.0 Å². The van der Waals surface area contributed by atoms with Crippen LogP contribution in [0.15, 0.2) is 78.0 Å². The topological polar surface area (TPSA) is 339 Å². The first kappa shape index (κ1) is 60.7. The first-order valence-corrected chi connectivity index (χ1v) is 27.4. The van der Waals surface area contributed by atoms with Gasteiger partial charge in [0.2, 0.25) is 17.6 Å². The van der Waals surface area contributed by atoms with E-state index in [2.05, 4.69) is 30.5 Å². The number of carbonyl (C=O) groups is 6. The normalized spacial score (nSPS) is 18.9. The van der Waals surface area contributed by atoms with Crippen LogP contribution in [0.2, 0.25) is 0 Å². The molecule has 10 N–H and O–H groups in total. The SMILES string of the molecule is CC(C)[C@H](NC(=O)CCOCCOCCOCCN1C(=O)C2=C(C2)C1=O)C(=O)C[C@@H](CCCNC(N)=O)C(=O)Nc1ccc(C[n+]2ccc(N[C@@H]3C[C@H](COS(N)(=O)=O)[C@@H](O)[C@H]3O)n3nc(-c4cccc(C(F)(F)F)c4)cc32)cc1. The Labute approximate surface area is 458 Å². The maximum atomic E-state index is 13.9. The van der Waals surface area contributed by atoms with Gasteiger partial charge in [-0.15, -0.1) is 0 Å². The number of hydrogen-bond acceptors (Lipinski definition) is 16. The minimum absolute atomic E-state index is 0.0455. The molecular weight excluding hydrogens is 1080 g/mol. The fourth-order valence-corrected chi connectivity index (χ4v) is 9.75. The van der Waals surface area contributed by atoms with Crippen molar-refractivity contribution in [2.75, 3.05) is 70.0 Å². The van der Waals surface area contributed by atoms with Crippen LogP contribution < -0.4 is 36.7 Å². The third-order valence-corrected chi connectivity index (χ3v) is 14.2. The summed E-state index contributed by atoms with van der Waals surface area (Å²) >= 11 is 0. The van der Waals surface area contributed by atoms with E-state index in [9.17, 15) is 60.6 Å². The van der Waals surface area contributed by atoms with E-state index < -0.39 is 82.6 Å². The fourth-order valence-electron chi connectivity index (χ4n) is 9.39. The van der Waals surface area contributed by atoms with Gasteiger partial charge in [-0.3, -0.25) is 33.1 Å². The lowest BCUT2D eigenvalue weighted by molar-refractivity contribution is -0.665. The van der Waals surface area contributed by atoms with Crippen molar-refractivity contribution >= 4 is 62.9 Å². The Hall–Kier alpha value is -6.92. The molecule has 0 unspecified atom stereocenters. The van der Waals surface area contributed by atoms with E-state index in [-0.39, 0.29) is 126 Å². The van der Waals surface area contributed by atoms with Crippen molar-refractivity contribution in [3.05, 3.63) is 89.1 Å². The Morgan fingerprint density at radius 1 is 0.912 bits per heavy atom. The zero-order chi connectivity index (χ0) is 57.9. The maximum absolute atomic E-state index is 13.9. The van der Waals surface area contributed by atoms with E-state index in [0.717, 1.165) is 12.1 Å². The van der Waals surface area contributed by atoms with Crippen molar-refractivity contribution in [3.8, 4) is 11.3 Å². The number of fused-ring (bicyclic) bond motifs is 1. The third-order valence-electron chi connectivity index (χ3n) is 13.7. The number of Topliss-reactive ketones (excluding diaryl/α,β-unsaturated/α-hetero) is 1. The summed E-state index contributed by atoms with van der Waals surface area (Å²) in [7, 11) is -4.33. The van der Waals surface area contributed by atoms with E-state index in [1.165, 1.54) is 21.5 Å². The van der Waals surface area contributed by atoms with Crippen LogP contribution >= 0.6 is 0 Å². The number of aliphatic hydroxyl groups is 2. The highest BCUT2D eigenvalue weighted by atomic mass is 32.2. The van der Waals surface area contributed by atoms with E-state index in [1.807, 2.05) is 0 Å². The number of ether oxygens (including phenoxy) is 3. The average molecular weight is 1140 g/mol. The van der Waals surface area contributed by atoms with E-state index in [0.29, 0.717) is 40.9 Å². The molecular formula is C52H66F3N10O14S+. The number of benzene rings is 2. The molecule has 2 aromatic heterocycles. The number of rotatable bonds is 31. The molecule has 6 atom stereocenters. The van der Waals surface area contributed by atoms with Crippen molar-refractivity contribution in [2.24, 2.45) is 28.6 Å². The van der Waals surface area contributed by atoms with Crippen LogP contribution in [-0.4, -0.2) is 152 Å². The van der Waals surface area contributed by atoms with Gasteiger partial charge in [0, 0.05) is 66.1 Å². The number of ketones is 1. The number of carbonyl (C=O) groups excluding carboxylic acids is 6. The number of nitrogens with one attached hydrogen (secondary N) is 4. The number of likely N-dealkylation sites (tertiary alicyclic amines) is 1. The van der Waals surface area contributed by atoms with E-state index in [4.69, 9.17) is 25.1 Å². The number of hydrogen-bond donors (Lipinski definition) is 8. The molecule has 434 valence electrons. The Kier molecular flexibility index (Phi) is 20.5. The molecule has 3 aliphatic rings. The molecule has 1 saturated carbocycles. The van der Waals surface area contributed by atoms with Crippen LogP contribution in [0.4, 0.5) is 29.5 Å². The van der Waals surface area contributed by atoms with Gasteiger partial charge in [-0.05, 0) is 55.0 Å². The standard InChI is InChI=1S/C52H65F3N10O14S/c1-30(2)45(61-43(67)13-17-76-19-21-78-22-20-77-18-16-64-49(71)37-26-38(37)50(64)72)41(66)25-33(6-4-14-58-51(56)73)48(70)59-36-10-8-31(9-11-36)28-63-15-12-42(60-40-24-34(46(68)47(40)69)29-79-80(57,74)75)65-44(63)27-39(62-65)32-5-3-7-35(23-32)52(53,54)55/h3,5,7-12,15,23,27,30,33-34,40,45-47,68-69H,4,6,13-14,16-22,24-26,28-29H2,1-2H3,(H7,56,57,58,59,61,67,70,73,74,75)/p+1/t33-,34-,40-,45+,46-,47+/m1/s1. The smallest absolute Gasteiger partial charge is 0.390 e. The minimum Gasteiger partial charge on any atom is -0.390 e. The predicted molar refractivity (Wildman–Crippen MR) is 279 cm³/mol. The first-order chi connectivity index (χ1) is 38.0. The van der Waals surface area contributed by atoms with Gasteiger partial charge >= 0.3 is 28.2 Å². The molecule has 2 aromatic carbocycles.